The van der Waals surface area contributed by atoms with Crippen LogP contribution in [0.3, 0.4) is 0 Å². The zero-order valence-electron chi connectivity index (χ0n) is 11.7. The quantitative estimate of drug-likeness (QED) is 0.859. The number of hydrogen-bond donors (Lipinski definition) is 2. The SMILES string of the molecule is CCCC1CCC(NC(=O)c2coc(CN)c2)CC1. The molecule has 0 bridgehead atoms. The fourth-order valence-corrected chi connectivity index (χ4v) is 2.88. The molecule has 4 nitrogen and oxygen atoms in total. The van der Waals surface area contributed by atoms with E-state index >= 15 is 0 Å². The van der Waals surface area contributed by atoms with Gasteiger partial charge in [-0.25, -0.2) is 0 Å². The van der Waals surface area contributed by atoms with Crippen molar-refractivity contribution in [3.63, 3.8) is 0 Å². The number of nitrogens with two attached hydrogens (primary N) is 1. The topological polar surface area (TPSA) is 68.3 Å². The first kappa shape index (κ1) is 14.1. The van der Waals surface area contributed by atoms with E-state index in [0.29, 0.717) is 23.9 Å². The maximum absolute atomic E-state index is 12.0. The third-order valence-corrected chi connectivity index (χ3v) is 4.00. The second kappa shape index (κ2) is 6.75. The van der Waals surface area contributed by atoms with Crippen LogP contribution in [0.4, 0.5) is 0 Å². The first-order valence-electron chi connectivity index (χ1n) is 7.31. The molecule has 0 spiro atoms. The van der Waals surface area contributed by atoms with Crippen molar-refractivity contribution in [2.75, 3.05) is 0 Å². The van der Waals surface area contributed by atoms with E-state index in [4.69, 9.17) is 10.2 Å². The summed E-state index contributed by atoms with van der Waals surface area (Å²) in [6.45, 7) is 2.57. The molecule has 1 aliphatic rings. The summed E-state index contributed by atoms with van der Waals surface area (Å²) in [5.41, 5.74) is 6.05. The van der Waals surface area contributed by atoms with Crippen LogP contribution < -0.4 is 11.1 Å². The average molecular weight is 264 g/mol. The molecule has 0 radical (unpaired) electrons. The third kappa shape index (κ3) is 3.83. The molecular formula is C15H24N2O2. The summed E-state index contributed by atoms with van der Waals surface area (Å²) in [6.07, 6.45) is 8.73. The van der Waals surface area contributed by atoms with Crippen molar-refractivity contribution in [1.82, 2.24) is 5.32 Å². The lowest BCUT2D eigenvalue weighted by atomic mass is 9.83. The molecule has 1 saturated carbocycles. The van der Waals surface area contributed by atoms with Crippen LogP contribution in [-0.4, -0.2) is 11.9 Å². The molecule has 0 atom stereocenters. The van der Waals surface area contributed by atoms with Gasteiger partial charge in [0.2, 0.25) is 0 Å². The summed E-state index contributed by atoms with van der Waals surface area (Å²) in [4.78, 5) is 12.0. The van der Waals surface area contributed by atoms with E-state index in [1.165, 1.54) is 31.9 Å². The third-order valence-electron chi connectivity index (χ3n) is 4.00. The van der Waals surface area contributed by atoms with Crippen molar-refractivity contribution in [3.8, 4) is 0 Å². The van der Waals surface area contributed by atoms with Crippen molar-refractivity contribution < 1.29 is 9.21 Å². The molecule has 0 unspecified atom stereocenters. The molecule has 4 heteroatoms. The number of amides is 1. The highest BCUT2D eigenvalue weighted by atomic mass is 16.3. The number of carbonyl (C=O) groups is 1. The molecule has 19 heavy (non-hydrogen) atoms. The molecule has 1 heterocycles. The summed E-state index contributed by atoms with van der Waals surface area (Å²) in [5.74, 6) is 1.47. The van der Waals surface area contributed by atoms with Crippen LogP contribution in [0.15, 0.2) is 16.7 Å². The molecule has 1 fully saturated rings. The van der Waals surface area contributed by atoms with Crippen molar-refractivity contribution in [1.29, 1.82) is 0 Å². The molecule has 0 aromatic carbocycles. The number of nitrogens with one attached hydrogen (secondary N) is 1. The monoisotopic (exact) mass is 264 g/mol. The van der Waals surface area contributed by atoms with E-state index in [1.807, 2.05) is 0 Å². The smallest absolute Gasteiger partial charge is 0.254 e. The summed E-state index contributed by atoms with van der Waals surface area (Å²) < 4.78 is 5.19. The number of furan rings is 1. The molecule has 3 N–H and O–H groups in total. The normalized spacial score (nSPS) is 23.3. The summed E-state index contributed by atoms with van der Waals surface area (Å²) in [6, 6.07) is 2.04. The van der Waals surface area contributed by atoms with E-state index in [0.717, 1.165) is 18.8 Å². The van der Waals surface area contributed by atoms with Gasteiger partial charge in [0.15, 0.2) is 0 Å². The fraction of sp³-hybridized carbons (Fsp3) is 0.667. The minimum absolute atomic E-state index is 0.0395. The zero-order chi connectivity index (χ0) is 13.7. The van der Waals surface area contributed by atoms with Crippen LogP contribution in [0.2, 0.25) is 0 Å². The number of carbonyl (C=O) groups excluding carboxylic acids is 1. The Morgan fingerprint density at radius 1 is 1.42 bits per heavy atom. The molecule has 106 valence electrons. The second-order valence-electron chi connectivity index (χ2n) is 5.49. The Kier molecular flexibility index (Phi) is 5.02. The average Bonchev–Trinajstić information content (AvgIpc) is 2.90. The van der Waals surface area contributed by atoms with E-state index < -0.39 is 0 Å². The second-order valence-corrected chi connectivity index (χ2v) is 5.49. The Morgan fingerprint density at radius 2 is 2.16 bits per heavy atom. The van der Waals surface area contributed by atoms with Gasteiger partial charge in [-0.05, 0) is 37.7 Å². The Labute approximate surface area is 114 Å². The van der Waals surface area contributed by atoms with Gasteiger partial charge in [-0.15, -0.1) is 0 Å². The highest BCUT2D eigenvalue weighted by Crippen LogP contribution is 2.27. The van der Waals surface area contributed by atoms with Gasteiger partial charge in [0.25, 0.3) is 5.91 Å². The van der Waals surface area contributed by atoms with E-state index in [9.17, 15) is 4.79 Å². The van der Waals surface area contributed by atoms with Crippen LogP contribution >= 0.6 is 0 Å². The summed E-state index contributed by atoms with van der Waals surface area (Å²) >= 11 is 0. The predicted molar refractivity (Wildman–Crippen MR) is 74.7 cm³/mol. The van der Waals surface area contributed by atoms with Crippen molar-refractivity contribution >= 4 is 5.91 Å². The van der Waals surface area contributed by atoms with Gasteiger partial charge in [0, 0.05) is 6.04 Å². The Balaban J connectivity index is 1.80. The van der Waals surface area contributed by atoms with Gasteiger partial charge in [-0.1, -0.05) is 19.8 Å². The molecule has 1 aliphatic carbocycles. The Hall–Kier alpha value is -1.29. The minimum atomic E-state index is -0.0395. The van der Waals surface area contributed by atoms with Crippen LogP contribution in [0, 0.1) is 5.92 Å². The lowest BCUT2D eigenvalue weighted by Crippen LogP contribution is -2.37. The zero-order valence-corrected chi connectivity index (χ0v) is 11.7. The van der Waals surface area contributed by atoms with Crippen molar-refractivity contribution in [2.24, 2.45) is 11.7 Å². The molecule has 1 amide bonds. The summed E-state index contributed by atoms with van der Waals surface area (Å²) in [5, 5.41) is 3.10. The Morgan fingerprint density at radius 3 is 2.74 bits per heavy atom. The lowest BCUT2D eigenvalue weighted by Gasteiger charge is -2.28. The van der Waals surface area contributed by atoms with Crippen LogP contribution in [0.1, 0.15) is 61.6 Å². The molecule has 0 saturated heterocycles. The molecule has 2 rings (SSSR count). The standard InChI is InChI=1S/C15H24N2O2/c1-2-3-11-4-6-13(7-5-11)17-15(18)12-8-14(9-16)19-10-12/h8,10-11,13H,2-7,9,16H2,1H3,(H,17,18). The van der Waals surface area contributed by atoms with E-state index in [-0.39, 0.29) is 5.91 Å². The van der Waals surface area contributed by atoms with Gasteiger partial charge in [0.1, 0.15) is 12.0 Å². The first-order chi connectivity index (χ1) is 9.22. The maximum Gasteiger partial charge on any atom is 0.254 e. The van der Waals surface area contributed by atoms with Gasteiger partial charge in [-0.2, -0.15) is 0 Å². The van der Waals surface area contributed by atoms with Crippen molar-refractivity contribution in [3.05, 3.63) is 23.7 Å². The highest BCUT2D eigenvalue weighted by Gasteiger charge is 2.22. The Bertz CT molecular complexity index is 406. The molecular weight excluding hydrogens is 240 g/mol. The van der Waals surface area contributed by atoms with Gasteiger partial charge < -0.3 is 15.5 Å². The van der Waals surface area contributed by atoms with Gasteiger partial charge >= 0.3 is 0 Å². The first-order valence-corrected chi connectivity index (χ1v) is 7.31. The molecule has 0 aliphatic heterocycles. The van der Waals surface area contributed by atoms with Crippen molar-refractivity contribution in [2.45, 2.75) is 58.0 Å². The fourth-order valence-electron chi connectivity index (χ4n) is 2.88. The molecule has 1 aromatic heterocycles. The lowest BCUT2D eigenvalue weighted by molar-refractivity contribution is 0.0920. The number of hydrogen-bond acceptors (Lipinski definition) is 3. The van der Waals surface area contributed by atoms with Crippen LogP contribution in [0.25, 0.3) is 0 Å². The van der Waals surface area contributed by atoms with Crippen LogP contribution in [0.5, 0.6) is 0 Å². The molecule has 1 aromatic rings. The van der Waals surface area contributed by atoms with Crippen LogP contribution in [-0.2, 0) is 6.54 Å². The van der Waals surface area contributed by atoms with E-state index in [2.05, 4.69) is 12.2 Å². The number of rotatable bonds is 5. The summed E-state index contributed by atoms with van der Waals surface area (Å²) in [7, 11) is 0. The predicted octanol–water partition coefficient (Wildman–Crippen LogP) is 2.83. The van der Waals surface area contributed by atoms with Gasteiger partial charge in [-0.3, -0.25) is 4.79 Å². The highest BCUT2D eigenvalue weighted by molar-refractivity contribution is 5.94. The largest absolute Gasteiger partial charge is 0.467 e. The van der Waals surface area contributed by atoms with Gasteiger partial charge in [0.05, 0.1) is 12.1 Å². The minimum Gasteiger partial charge on any atom is -0.467 e. The van der Waals surface area contributed by atoms with E-state index in [1.54, 1.807) is 6.07 Å². The maximum atomic E-state index is 12.0.